The Bertz CT molecular complexity index is 555. The van der Waals surface area contributed by atoms with E-state index in [1.165, 1.54) is 11.8 Å². The number of aromatic nitrogens is 3. The molecule has 1 aromatic carbocycles. The van der Waals surface area contributed by atoms with Gasteiger partial charge in [-0.05, 0) is 12.0 Å². The third kappa shape index (κ3) is 3.84. The molecule has 0 unspecified atom stereocenters. The summed E-state index contributed by atoms with van der Waals surface area (Å²) >= 11 is 1.39. The number of benzene rings is 1. The zero-order valence-electron chi connectivity index (χ0n) is 11.6. The van der Waals surface area contributed by atoms with Crippen molar-refractivity contribution >= 4 is 17.7 Å². The molecule has 6 heteroatoms. The van der Waals surface area contributed by atoms with Crippen molar-refractivity contribution in [3.05, 3.63) is 41.7 Å². The molecule has 106 valence electrons. The van der Waals surface area contributed by atoms with Crippen LogP contribution in [0.1, 0.15) is 18.3 Å². The highest BCUT2D eigenvalue weighted by molar-refractivity contribution is 8.00. The second-order valence-corrected chi connectivity index (χ2v) is 5.50. The molecule has 0 bridgehead atoms. The minimum absolute atomic E-state index is 0.0123. The van der Waals surface area contributed by atoms with Gasteiger partial charge in [0.2, 0.25) is 11.1 Å². The number of carbonyl (C=O) groups is 1. The summed E-state index contributed by atoms with van der Waals surface area (Å²) in [7, 11) is 1.65. The van der Waals surface area contributed by atoms with Gasteiger partial charge in [0.25, 0.3) is 0 Å². The van der Waals surface area contributed by atoms with Crippen molar-refractivity contribution < 1.29 is 4.79 Å². The van der Waals surface area contributed by atoms with Crippen LogP contribution in [-0.4, -0.2) is 33.4 Å². The maximum atomic E-state index is 12.0. The number of carbonyl (C=O) groups excluding carboxylic acids is 1. The molecule has 1 aromatic heterocycles. The number of nitrogens with zero attached hydrogens (tertiary/aromatic N) is 2. The van der Waals surface area contributed by atoms with Gasteiger partial charge in [-0.15, -0.1) is 5.10 Å². The summed E-state index contributed by atoms with van der Waals surface area (Å²) in [4.78, 5) is 16.3. The summed E-state index contributed by atoms with van der Waals surface area (Å²) in [6.07, 6.45) is 1.46. The molecule has 0 fully saturated rings. The zero-order valence-corrected chi connectivity index (χ0v) is 12.4. The molecule has 1 heterocycles. The van der Waals surface area contributed by atoms with Crippen molar-refractivity contribution in [1.29, 1.82) is 0 Å². The Labute approximate surface area is 122 Å². The van der Waals surface area contributed by atoms with Gasteiger partial charge in [-0.3, -0.25) is 9.89 Å². The molecule has 1 amide bonds. The summed E-state index contributed by atoms with van der Waals surface area (Å²) in [6, 6.07) is 9.96. The molecule has 0 saturated heterocycles. The molecular weight excluding hydrogens is 272 g/mol. The molecule has 5 nitrogen and oxygen atoms in total. The molecule has 0 radical (unpaired) electrons. The Balaban J connectivity index is 2.09. The number of aryl methyl sites for hydroxylation is 1. The minimum atomic E-state index is -0.233. The van der Waals surface area contributed by atoms with Crippen LogP contribution in [-0.2, 0) is 17.6 Å². The lowest BCUT2D eigenvalue weighted by Gasteiger charge is -2.13. The Morgan fingerprint density at radius 2 is 2.15 bits per heavy atom. The van der Waals surface area contributed by atoms with E-state index in [0.717, 1.165) is 17.8 Å². The molecule has 0 aliphatic heterocycles. The maximum Gasteiger partial charge on any atom is 0.233 e. The van der Waals surface area contributed by atoms with Crippen molar-refractivity contribution in [2.75, 3.05) is 7.05 Å². The second kappa shape index (κ2) is 7.09. The number of nitrogens with one attached hydrogen (secondary N) is 2. The van der Waals surface area contributed by atoms with E-state index in [4.69, 9.17) is 0 Å². The highest BCUT2D eigenvalue weighted by atomic mass is 32.2. The summed E-state index contributed by atoms with van der Waals surface area (Å²) in [5.74, 6) is 0.824. The van der Waals surface area contributed by atoms with E-state index < -0.39 is 0 Å². The van der Waals surface area contributed by atoms with E-state index in [1.807, 2.05) is 37.3 Å². The number of aromatic amines is 1. The van der Waals surface area contributed by atoms with Crippen molar-refractivity contribution in [1.82, 2.24) is 20.5 Å². The van der Waals surface area contributed by atoms with Gasteiger partial charge < -0.3 is 5.32 Å². The molecule has 2 rings (SSSR count). The molecule has 0 spiro atoms. The average molecular weight is 290 g/mol. The van der Waals surface area contributed by atoms with Gasteiger partial charge in [0.1, 0.15) is 5.82 Å². The number of thioether (sulfide) groups is 1. The number of hydrogen-bond donors (Lipinski definition) is 2. The Morgan fingerprint density at radius 1 is 1.40 bits per heavy atom. The first-order valence-corrected chi connectivity index (χ1v) is 7.44. The van der Waals surface area contributed by atoms with Gasteiger partial charge in [0.15, 0.2) is 0 Å². The maximum absolute atomic E-state index is 12.0. The highest BCUT2D eigenvalue weighted by Crippen LogP contribution is 2.23. The van der Waals surface area contributed by atoms with Crippen LogP contribution in [0.3, 0.4) is 0 Å². The molecule has 1 atom stereocenters. The van der Waals surface area contributed by atoms with E-state index >= 15 is 0 Å². The van der Waals surface area contributed by atoms with Crippen molar-refractivity contribution in [2.24, 2.45) is 0 Å². The fourth-order valence-electron chi connectivity index (χ4n) is 1.79. The van der Waals surface area contributed by atoms with Crippen LogP contribution in [0, 0.1) is 0 Å². The second-order valence-electron chi connectivity index (χ2n) is 4.33. The standard InChI is InChI=1S/C14H18N4OS/c1-3-12-16-14(18-17-12)20-11(13(19)15-2)9-10-7-5-4-6-8-10/h4-8,11H,3,9H2,1-2H3,(H,15,19)(H,16,17,18)/t11-/m1/s1. The average Bonchev–Trinajstić information content (AvgIpc) is 2.94. The first-order chi connectivity index (χ1) is 9.72. The SMILES string of the molecule is CCc1nc(S[C@H](Cc2ccccc2)C(=O)NC)n[nH]1. The lowest BCUT2D eigenvalue weighted by atomic mass is 10.1. The topological polar surface area (TPSA) is 70.7 Å². The highest BCUT2D eigenvalue weighted by Gasteiger charge is 2.21. The third-order valence-corrected chi connectivity index (χ3v) is 3.96. The largest absolute Gasteiger partial charge is 0.358 e. The van der Waals surface area contributed by atoms with Gasteiger partial charge in [-0.25, -0.2) is 4.98 Å². The van der Waals surface area contributed by atoms with Gasteiger partial charge in [-0.1, -0.05) is 49.0 Å². The first kappa shape index (κ1) is 14.6. The van der Waals surface area contributed by atoms with Crippen molar-refractivity contribution in [3.8, 4) is 0 Å². The summed E-state index contributed by atoms with van der Waals surface area (Å²) < 4.78 is 0. The molecule has 0 saturated carbocycles. The normalized spacial score (nSPS) is 12.1. The van der Waals surface area contributed by atoms with Crippen molar-refractivity contribution in [3.63, 3.8) is 0 Å². The van der Waals surface area contributed by atoms with E-state index in [0.29, 0.717) is 11.6 Å². The smallest absolute Gasteiger partial charge is 0.233 e. The summed E-state index contributed by atoms with van der Waals surface area (Å²) in [6.45, 7) is 2.01. The number of amides is 1. The van der Waals surface area contributed by atoms with E-state index in [2.05, 4.69) is 20.5 Å². The van der Waals surface area contributed by atoms with Gasteiger partial charge in [-0.2, -0.15) is 0 Å². The van der Waals surface area contributed by atoms with Gasteiger partial charge in [0, 0.05) is 13.5 Å². The fraction of sp³-hybridized carbons (Fsp3) is 0.357. The Hall–Kier alpha value is -1.82. The predicted octanol–water partition coefficient (Wildman–Crippen LogP) is 1.82. The molecule has 0 aliphatic carbocycles. The van der Waals surface area contributed by atoms with E-state index in [9.17, 15) is 4.79 Å². The van der Waals surface area contributed by atoms with Crippen LogP contribution in [0.25, 0.3) is 0 Å². The van der Waals surface area contributed by atoms with Crippen LogP contribution in [0.15, 0.2) is 35.5 Å². The molecular formula is C14H18N4OS. The lowest BCUT2D eigenvalue weighted by molar-refractivity contribution is -0.120. The van der Waals surface area contributed by atoms with Gasteiger partial charge >= 0.3 is 0 Å². The quantitative estimate of drug-likeness (QED) is 0.796. The van der Waals surface area contributed by atoms with Crippen LogP contribution in [0.2, 0.25) is 0 Å². The monoisotopic (exact) mass is 290 g/mol. The third-order valence-electron chi connectivity index (χ3n) is 2.90. The number of H-pyrrole nitrogens is 1. The van der Waals surface area contributed by atoms with Crippen LogP contribution in [0.5, 0.6) is 0 Å². The van der Waals surface area contributed by atoms with Crippen LogP contribution in [0.4, 0.5) is 0 Å². The molecule has 20 heavy (non-hydrogen) atoms. The molecule has 0 aliphatic rings. The summed E-state index contributed by atoms with van der Waals surface area (Å²) in [5.41, 5.74) is 1.12. The first-order valence-electron chi connectivity index (χ1n) is 6.56. The van der Waals surface area contributed by atoms with E-state index in [1.54, 1.807) is 7.05 Å². The molecule has 2 N–H and O–H groups in total. The predicted molar refractivity (Wildman–Crippen MR) is 79.6 cm³/mol. The van der Waals surface area contributed by atoms with Crippen LogP contribution >= 0.6 is 11.8 Å². The Morgan fingerprint density at radius 3 is 2.75 bits per heavy atom. The zero-order chi connectivity index (χ0) is 14.4. The van der Waals surface area contributed by atoms with Crippen molar-refractivity contribution in [2.45, 2.75) is 30.2 Å². The number of rotatable bonds is 6. The lowest BCUT2D eigenvalue weighted by Crippen LogP contribution is -2.31. The van der Waals surface area contributed by atoms with Crippen LogP contribution < -0.4 is 5.32 Å². The van der Waals surface area contributed by atoms with Gasteiger partial charge in [0.05, 0.1) is 5.25 Å². The van der Waals surface area contributed by atoms with E-state index in [-0.39, 0.29) is 11.2 Å². The minimum Gasteiger partial charge on any atom is -0.358 e. The number of hydrogen-bond acceptors (Lipinski definition) is 4. The fourth-order valence-corrected chi connectivity index (χ4v) is 2.81. The summed E-state index contributed by atoms with van der Waals surface area (Å²) in [5, 5.41) is 10.1. The Kier molecular flexibility index (Phi) is 5.17. The molecule has 2 aromatic rings.